The fraction of sp³-hybridized carbons (Fsp3) is 0.0714. The van der Waals surface area contributed by atoms with Gasteiger partial charge in [-0.25, -0.2) is 4.98 Å². The van der Waals surface area contributed by atoms with Crippen LogP contribution >= 0.6 is 0 Å². The van der Waals surface area contributed by atoms with Crippen LogP contribution in [0.25, 0.3) is 22.0 Å². The number of nitrogens with zero attached hydrogens (tertiary/aromatic N) is 2. The van der Waals surface area contributed by atoms with E-state index in [1.165, 1.54) is 13.4 Å². The summed E-state index contributed by atoms with van der Waals surface area (Å²) in [5.41, 5.74) is 1.09. The minimum absolute atomic E-state index is 0.215. The van der Waals surface area contributed by atoms with E-state index in [4.69, 9.17) is 4.74 Å². The molecule has 5 heteroatoms. The van der Waals surface area contributed by atoms with E-state index in [1.54, 1.807) is 12.4 Å². The van der Waals surface area contributed by atoms with Crippen LogP contribution in [0.3, 0.4) is 0 Å². The number of benzene rings is 1. The maximum absolute atomic E-state index is 11.7. The Morgan fingerprint density at radius 2 is 2.16 bits per heavy atom. The topological polar surface area (TPSA) is 67.9 Å². The average molecular weight is 253 g/mol. The second-order valence-corrected chi connectivity index (χ2v) is 4.02. The number of aromatic amines is 1. The Morgan fingerprint density at radius 1 is 1.26 bits per heavy atom. The summed E-state index contributed by atoms with van der Waals surface area (Å²) in [7, 11) is 1.46. The monoisotopic (exact) mass is 253 g/mol. The van der Waals surface area contributed by atoms with Gasteiger partial charge < -0.3 is 9.72 Å². The highest BCUT2D eigenvalue weighted by Crippen LogP contribution is 2.30. The van der Waals surface area contributed by atoms with Crippen molar-refractivity contribution in [3.8, 4) is 17.0 Å². The fourth-order valence-corrected chi connectivity index (χ4v) is 2.10. The van der Waals surface area contributed by atoms with Crippen LogP contribution in [0.2, 0.25) is 0 Å². The zero-order valence-corrected chi connectivity index (χ0v) is 10.3. The van der Waals surface area contributed by atoms with Crippen LogP contribution in [-0.2, 0) is 0 Å². The molecule has 0 aliphatic rings. The van der Waals surface area contributed by atoms with Gasteiger partial charge in [-0.05, 0) is 11.5 Å². The van der Waals surface area contributed by atoms with Crippen LogP contribution in [0.4, 0.5) is 0 Å². The Hall–Kier alpha value is -2.69. The van der Waals surface area contributed by atoms with Crippen molar-refractivity contribution in [1.82, 2.24) is 15.0 Å². The van der Waals surface area contributed by atoms with E-state index in [9.17, 15) is 4.79 Å². The molecule has 0 spiro atoms. The summed E-state index contributed by atoms with van der Waals surface area (Å²) in [5.74, 6) is 0.215. The number of pyridine rings is 1. The second kappa shape index (κ2) is 4.53. The molecule has 3 aromatic rings. The number of ether oxygens (including phenoxy) is 1. The molecule has 5 nitrogen and oxygen atoms in total. The van der Waals surface area contributed by atoms with Gasteiger partial charge in [0.25, 0.3) is 5.56 Å². The first-order chi connectivity index (χ1) is 9.31. The molecule has 94 valence electrons. The van der Waals surface area contributed by atoms with Gasteiger partial charge in [0.05, 0.1) is 13.4 Å². The highest BCUT2D eigenvalue weighted by molar-refractivity contribution is 5.96. The summed E-state index contributed by atoms with van der Waals surface area (Å²) in [5, 5.41) is 1.97. The van der Waals surface area contributed by atoms with Gasteiger partial charge in [-0.1, -0.05) is 18.2 Å². The van der Waals surface area contributed by atoms with Crippen LogP contribution in [0.5, 0.6) is 5.75 Å². The van der Waals surface area contributed by atoms with Crippen LogP contribution in [-0.4, -0.2) is 22.1 Å². The zero-order valence-electron chi connectivity index (χ0n) is 10.3. The number of methoxy groups -OCH3 is 1. The first kappa shape index (κ1) is 11.4. The van der Waals surface area contributed by atoms with Gasteiger partial charge in [-0.3, -0.25) is 9.78 Å². The quantitative estimate of drug-likeness (QED) is 0.758. The van der Waals surface area contributed by atoms with Crippen molar-refractivity contribution in [2.45, 2.75) is 0 Å². The molecule has 1 aromatic carbocycles. The number of fused-ring (bicyclic) bond motifs is 1. The molecule has 0 unspecified atom stereocenters. The molecular weight excluding hydrogens is 242 g/mol. The first-order valence-corrected chi connectivity index (χ1v) is 5.76. The fourth-order valence-electron chi connectivity index (χ4n) is 2.10. The molecule has 0 amide bonds. The van der Waals surface area contributed by atoms with Crippen molar-refractivity contribution in [2.24, 2.45) is 0 Å². The lowest BCUT2D eigenvalue weighted by Gasteiger charge is -2.08. The molecule has 0 atom stereocenters. The van der Waals surface area contributed by atoms with Crippen molar-refractivity contribution in [3.63, 3.8) is 0 Å². The van der Waals surface area contributed by atoms with Gasteiger partial charge in [0.15, 0.2) is 0 Å². The molecule has 3 rings (SSSR count). The van der Waals surface area contributed by atoms with Crippen molar-refractivity contribution < 1.29 is 4.74 Å². The molecule has 0 saturated heterocycles. The Morgan fingerprint density at radius 3 is 3.00 bits per heavy atom. The lowest BCUT2D eigenvalue weighted by molar-refractivity contribution is 0.408. The third-order valence-electron chi connectivity index (χ3n) is 2.95. The van der Waals surface area contributed by atoms with E-state index in [1.807, 2.05) is 24.3 Å². The van der Waals surface area contributed by atoms with E-state index in [2.05, 4.69) is 15.0 Å². The van der Waals surface area contributed by atoms with Gasteiger partial charge in [0.1, 0.15) is 5.69 Å². The largest absolute Gasteiger partial charge is 0.490 e. The third-order valence-corrected chi connectivity index (χ3v) is 2.95. The molecule has 1 N–H and O–H groups in total. The van der Waals surface area contributed by atoms with Crippen molar-refractivity contribution in [2.75, 3.05) is 7.11 Å². The molecule has 0 fully saturated rings. The maximum Gasteiger partial charge on any atom is 0.293 e. The number of nitrogens with one attached hydrogen (secondary N) is 1. The second-order valence-electron chi connectivity index (χ2n) is 4.02. The molecule has 0 radical (unpaired) electrons. The van der Waals surface area contributed by atoms with Crippen LogP contribution in [0.1, 0.15) is 0 Å². The van der Waals surface area contributed by atoms with Gasteiger partial charge in [0, 0.05) is 23.3 Å². The highest BCUT2D eigenvalue weighted by atomic mass is 16.5. The third kappa shape index (κ3) is 1.85. The highest BCUT2D eigenvalue weighted by Gasteiger charge is 2.13. The predicted molar refractivity (Wildman–Crippen MR) is 72.1 cm³/mol. The Bertz CT molecular complexity index is 791. The maximum atomic E-state index is 11.7. The number of hydrogen-bond donors (Lipinski definition) is 1. The molecule has 19 heavy (non-hydrogen) atoms. The number of aromatic nitrogens is 3. The minimum atomic E-state index is -0.293. The van der Waals surface area contributed by atoms with E-state index in [0.717, 1.165) is 16.3 Å². The molecular formula is C14H11N3O2. The van der Waals surface area contributed by atoms with Crippen LogP contribution < -0.4 is 10.3 Å². The number of H-pyrrole nitrogens is 1. The van der Waals surface area contributed by atoms with E-state index in [0.29, 0.717) is 5.69 Å². The molecule has 0 aliphatic carbocycles. The van der Waals surface area contributed by atoms with Crippen molar-refractivity contribution in [3.05, 3.63) is 53.3 Å². The van der Waals surface area contributed by atoms with Gasteiger partial charge in [0.2, 0.25) is 5.75 Å². The lowest BCUT2D eigenvalue weighted by Crippen LogP contribution is -2.11. The summed E-state index contributed by atoms with van der Waals surface area (Å²) < 4.78 is 5.16. The summed E-state index contributed by atoms with van der Waals surface area (Å²) in [6.07, 6.45) is 4.87. The van der Waals surface area contributed by atoms with E-state index >= 15 is 0 Å². The van der Waals surface area contributed by atoms with Crippen molar-refractivity contribution >= 4 is 10.8 Å². The summed E-state index contributed by atoms with van der Waals surface area (Å²) >= 11 is 0. The first-order valence-electron chi connectivity index (χ1n) is 5.76. The minimum Gasteiger partial charge on any atom is -0.490 e. The van der Waals surface area contributed by atoms with Gasteiger partial charge >= 0.3 is 0 Å². The molecule has 0 bridgehead atoms. The number of rotatable bonds is 2. The zero-order chi connectivity index (χ0) is 13.2. The normalized spacial score (nSPS) is 10.6. The Kier molecular flexibility index (Phi) is 2.72. The summed E-state index contributed by atoms with van der Waals surface area (Å²) in [4.78, 5) is 22.6. The molecule has 2 heterocycles. The van der Waals surface area contributed by atoms with E-state index in [-0.39, 0.29) is 11.3 Å². The Balaban J connectivity index is 2.37. The predicted octanol–water partition coefficient (Wildman–Crippen LogP) is 1.99. The van der Waals surface area contributed by atoms with Crippen LogP contribution in [0.15, 0.2) is 47.8 Å². The molecule has 2 aromatic heterocycles. The lowest BCUT2D eigenvalue weighted by atomic mass is 10.0. The van der Waals surface area contributed by atoms with Gasteiger partial charge in [-0.15, -0.1) is 0 Å². The van der Waals surface area contributed by atoms with E-state index < -0.39 is 0 Å². The Labute approximate surface area is 108 Å². The molecule has 0 saturated carbocycles. The number of hydrogen-bond acceptors (Lipinski definition) is 4. The summed E-state index contributed by atoms with van der Waals surface area (Å²) in [6.45, 7) is 0. The van der Waals surface area contributed by atoms with Crippen molar-refractivity contribution in [1.29, 1.82) is 0 Å². The SMILES string of the molecule is COc1c(-c2cccc3cnccc23)nc[nH]c1=O. The average Bonchev–Trinajstić information content (AvgIpc) is 2.46. The van der Waals surface area contributed by atoms with Crippen LogP contribution in [0, 0.1) is 0 Å². The smallest absolute Gasteiger partial charge is 0.293 e. The van der Waals surface area contributed by atoms with Gasteiger partial charge in [-0.2, -0.15) is 0 Å². The molecule has 0 aliphatic heterocycles. The standard InChI is InChI=1S/C14H11N3O2/c1-19-13-12(16-8-17-14(13)18)11-4-2-3-9-7-15-6-5-10(9)11/h2-8H,1H3,(H,16,17,18). The summed E-state index contributed by atoms with van der Waals surface area (Å²) in [6, 6.07) is 7.67.